The van der Waals surface area contributed by atoms with Crippen molar-refractivity contribution in [2.24, 2.45) is 4.99 Å². The Bertz CT molecular complexity index is 762. The molecule has 0 aliphatic rings. The lowest BCUT2D eigenvalue weighted by molar-refractivity contribution is -0.116. The molecule has 0 saturated carbocycles. The fourth-order valence-corrected chi connectivity index (χ4v) is 3.53. The van der Waals surface area contributed by atoms with Crippen LogP contribution in [0, 0.1) is 6.92 Å². The minimum absolute atomic E-state index is 0.0763. The van der Waals surface area contributed by atoms with Gasteiger partial charge in [0.05, 0.1) is 22.6 Å². The number of aromatic nitrogens is 1. The van der Waals surface area contributed by atoms with Crippen LogP contribution in [0.15, 0.2) is 23.2 Å². The molecule has 118 valence electrons. The Morgan fingerprint density at radius 2 is 2.18 bits per heavy atom. The number of hydrogen-bond donors (Lipinski definition) is 0. The number of carbonyl (C=O) groups is 2. The molecule has 1 aromatic carbocycles. The molecule has 0 spiro atoms. The zero-order chi connectivity index (χ0) is 16.1. The van der Waals surface area contributed by atoms with Crippen LogP contribution >= 0.6 is 23.1 Å². The molecule has 1 aromatic heterocycles. The maximum atomic E-state index is 11.9. The quantitative estimate of drug-likeness (QED) is 0.840. The summed E-state index contributed by atoms with van der Waals surface area (Å²) in [5, 5.41) is -0.0808. The molecule has 0 radical (unpaired) electrons. The Hall–Kier alpha value is -1.44. The average Bonchev–Trinajstić information content (AvgIpc) is 2.79. The minimum atomic E-state index is -0.297. The van der Waals surface area contributed by atoms with Gasteiger partial charge in [0.25, 0.3) is 5.91 Å². The number of thioether (sulfide) groups is 1. The molecule has 1 amide bonds. The molecule has 0 fully saturated rings. The van der Waals surface area contributed by atoms with E-state index in [0.29, 0.717) is 18.0 Å². The van der Waals surface area contributed by atoms with Crippen molar-refractivity contribution in [3.05, 3.63) is 28.6 Å². The smallest absolute Gasteiger partial charge is 0.258 e. The third-order valence-electron chi connectivity index (χ3n) is 2.98. The highest BCUT2D eigenvalue weighted by Crippen LogP contribution is 2.19. The van der Waals surface area contributed by atoms with E-state index < -0.39 is 0 Å². The third-order valence-corrected chi connectivity index (χ3v) is 4.82. The standard InChI is InChI=1S/C15H18N2O3S2/c1-10-4-5-12-13(8-10)22-15(17(12)6-7-20-3)16-14(19)9-21-11(2)18/h4-5,8H,6-7,9H2,1-3H3. The molecule has 0 aliphatic carbocycles. The van der Waals surface area contributed by atoms with Gasteiger partial charge in [-0.05, 0) is 24.6 Å². The molecule has 0 aliphatic heterocycles. The van der Waals surface area contributed by atoms with Crippen molar-refractivity contribution < 1.29 is 14.3 Å². The number of fused-ring (bicyclic) bond motifs is 1. The largest absolute Gasteiger partial charge is 0.383 e. The van der Waals surface area contributed by atoms with Crippen LogP contribution in [0.25, 0.3) is 10.2 Å². The Balaban J connectivity index is 2.42. The van der Waals surface area contributed by atoms with E-state index in [1.807, 2.05) is 23.6 Å². The molecule has 1 heterocycles. The van der Waals surface area contributed by atoms with Crippen molar-refractivity contribution in [2.45, 2.75) is 20.4 Å². The first-order valence-corrected chi connectivity index (χ1v) is 8.61. The van der Waals surface area contributed by atoms with Crippen LogP contribution in [0.4, 0.5) is 0 Å². The van der Waals surface area contributed by atoms with Gasteiger partial charge in [-0.2, -0.15) is 4.99 Å². The fraction of sp³-hybridized carbons (Fsp3) is 0.400. The number of methoxy groups -OCH3 is 1. The van der Waals surface area contributed by atoms with E-state index in [2.05, 4.69) is 11.1 Å². The van der Waals surface area contributed by atoms with Crippen LogP contribution in [0.1, 0.15) is 12.5 Å². The topological polar surface area (TPSA) is 60.7 Å². The van der Waals surface area contributed by atoms with Crippen molar-refractivity contribution in [2.75, 3.05) is 19.5 Å². The van der Waals surface area contributed by atoms with E-state index in [1.165, 1.54) is 18.3 Å². The van der Waals surface area contributed by atoms with Gasteiger partial charge in [0.15, 0.2) is 9.92 Å². The number of ether oxygens (including phenoxy) is 1. The van der Waals surface area contributed by atoms with Crippen molar-refractivity contribution in [3.63, 3.8) is 0 Å². The highest BCUT2D eigenvalue weighted by molar-refractivity contribution is 8.14. The maximum Gasteiger partial charge on any atom is 0.258 e. The molecule has 0 saturated heterocycles. The van der Waals surface area contributed by atoms with Gasteiger partial charge >= 0.3 is 0 Å². The molecule has 2 aromatic rings. The van der Waals surface area contributed by atoms with Gasteiger partial charge in [-0.25, -0.2) is 0 Å². The number of hydrogen-bond acceptors (Lipinski definition) is 5. The Kier molecular flexibility index (Phi) is 5.93. The molecule has 22 heavy (non-hydrogen) atoms. The molecule has 5 nitrogen and oxygen atoms in total. The van der Waals surface area contributed by atoms with E-state index in [1.54, 1.807) is 7.11 Å². The second kappa shape index (κ2) is 7.71. The van der Waals surface area contributed by atoms with Crippen LogP contribution in [0.2, 0.25) is 0 Å². The van der Waals surface area contributed by atoms with E-state index >= 15 is 0 Å². The predicted octanol–water partition coefficient (Wildman–Crippen LogP) is 2.36. The van der Waals surface area contributed by atoms with Gasteiger partial charge in [-0.1, -0.05) is 29.2 Å². The second-order valence-corrected chi connectivity index (χ2v) is 6.95. The lowest BCUT2D eigenvalue weighted by atomic mass is 10.2. The van der Waals surface area contributed by atoms with E-state index in [9.17, 15) is 9.59 Å². The Morgan fingerprint density at radius 1 is 1.41 bits per heavy atom. The van der Waals surface area contributed by atoms with Crippen LogP contribution in [0.3, 0.4) is 0 Å². The molecule has 7 heteroatoms. The van der Waals surface area contributed by atoms with Crippen LogP contribution < -0.4 is 4.80 Å². The van der Waals surface area contributed by atoms with Crippen LogP contribution in [0.5, 0.6) is 0 Å². The van der Waals surface area contributed by atoms with E-state index in [4.69, 9.17) is 4.74 Å². The zero-order valence-electron chi connectivity index (χ0n) is 12.8. The van der Waals surface area contributed by atoms with Gasteiger partial charge < -0.3 is 9.30 Å². The summed E-state index contributed by atoms with van der Waals surface area (Å²) in [4.78, 5) is 27.7. The van der Waals surface area contributed by atoms with Crippen molar-refractivity contribution in [1.82, 2.24) is 4.57 Å². The van der Waals surface area contributed by atoms with Crippen LogP contribution in [-0.2, 0) is 20.9 Å². The van der Waals surface area contributed by atoms with E-state index in [-0.39, 0.29) is 16.8 Å². The average molecular weight is 338 g/mol. The molecule has 2 rings (SSSR count). The maximum absolute atomic E-state index is 11.9. The summed E-state index contributed by atoms with van der Waals surface area (Å²) in [5.41, 5.74) is 2.20. The first-order chi connectivity index (χ1) is 10.5. The SMILES string of the molecule is COCCn1c(=NC(=O)CSC(C)=O)sc2cc(C)ccc21. The number of nitrogens with zero attached hydrogens (tertiary/aromatic N) is 2. The van der Waals surface area contributed by atoms with Crippen molar-refractivity contribution in [1.29, 1.82) is 0 Å². The Labute approximate surface area is 137 Å². The van der Waals surface area contributed by atoms with Gasteiger partial charge in [-0.15, -0.1) is 0 Å². The van der Waals surface area contributed by atoms with Crippen LogP contribution in [-0.4, -0.2) is 35.1 Å². The zero-order valence-corrected chi connectivity index (χ0v) is 14.4. The number of amides is 1. The summed E-state index contributed by atoms with van der Waals surface area (Å²) >= 11 is 2.46. The number of carbonyl (C=O) groups excluding carboxylic acids is 2. The first kappa shape index (κ1) is 16.9. The highest BCUT2D eigenvalue weighted by Gasteiger charge is 2.09. The summed E-state index contributed by atoms with van der Waals surface area (Å²) < 4.78 is 8.21. The summed E-state index contributed by atoms with van der Waals surface area (Å²) in [6.45, 7) is 4.65. The number of aryl methyl sites for hydroxylation is 1. The summed E-state index contributed by atoms with van der Waals surface area (Å²) in [7, 11) is 1.64. The number of thiazole rings is 1. The summed E-state index contributed by atoms with van der Waals surface area (Å²) in [6, 6.07) is 6.15. The summed E-state index contributed by atoms with van der Waals surface area (Å²) in [5.74, 6) is -0.220. The molecule has 0 atom stereocenters. The monoisotopic (exact) mass is 338 g/mol. The van der Waals surface area contributed by atoms with Gasteiger partial charge in [0.1, 0.15) is 0 Å². The van der Waals surface area contributed by atoms with Crippen molar-refractivity contribution >= 4 is 44.3 Å². The van der Waals surface area contributed by atoms with Crippen molar-refractivity contribution in [3.8, 4) is 0 Å². The molecular weight excluding hydrogens is 320 g/mol. The van der Waals surface area contributed by atoms with Gasteiger partial charge in [0, 0.05) is 20.6 Å². The fourth-order valence-electron chi connectivity index (χ4n) is 1.97. The predicted molar refractivity (Wildman–Crippen MR) is 90.1 cm³/mol. The van der Waals surface area contributed by atoms with Gasteiger partial charge in [-0.3, -0.25) is 9.59 Å². The number of rotatable bonds is 5. The second-order valence-electron chi connectivity index (χ2n) is 4.79. The molecular formula is C15H18N2O3S2. The van der Waals surface area contributed by atoms with Gasteiger partial charge in [0.2, 0.25) is 0 Å². The third kappa shape index (κ3) is 4.28. The molecule has 0 unspecified atom stereocenters. The normalized spacial score (nSPS) is 12.0. The number of benzene rings is 1. The lowest BCUT2D eigenvalue weighted by Gasteiger charge is -2.04. The Morgan fingerprint density at radius 3 is 2.86 bits per heavy atom. The minimum Gasteiger partial charge on any atom is -0.383 e. The lowest BCUT2D eigenvalue weighted by Crippen LogP contribution is -2.19. The van der Waals surface area contributed by atoms with E-state index in [0.717, 1.165) is 27.5 Å². The molecule has 0 bridgehead atoms. The highest BCUT2D eigenvalue weighted by atomic mass is 32.2. The molecule has 0 N–H and O–H groups in total. The first-order valence-electron chi connectivity index (χ1n) is 6.81. The summed E-state index contributed by atoms with van der Waals surface area (Å²) in [6.07, 6.45) is 0.